The Balaban J connectivity index is 1.44. The minimum atomic E-state index is 0.369. The summed E-state index contributed by atoms with van der Waals surface area (Å²) >= 11 is 0. The zero-order valence-electron chi connectivity index (χ0n) is 14.9. The molecule has 0 radical (unpaired) electrons. The van der Waals surface area contributed by atoms with Gasteiger partial charge in [0.15, 0.2) is 0 Å². The smallest absolute Gasteiger partial charge is 0.0754 e. The average molecular weight is 337 g/mol. The van der Waals surface area contributed by atoms with E-state index < -0.39 is 0 Å². The van der Waals surface area contributed by atoms with Gasteiger partial charge in [0.2, 0.25) is 0 Å². The van der Waals surface area contributed by atoms with Crippen molar-refractivity contribution in [2.45, 2.75) is 94.4 Å². The quantitative estimate of drug-likeness (QED) is 0.442. The van der Waals surface area contributed by atoms with Crippen LogP contribution in [0.1, 0.15) is 57.8 Å². The van der Waals surface area contributed by atoms with Crippen LogP contribution in [0.25, 0.3) is 0 Å². The van der Waals surface area contributed by atoms with Crippen molar-refractivity contribution in [1.82, 2.24) is 31.9 Å². The number of rotatable bonds is 3. The third-order valence-corrected chi connectivity index (χ3v) is 6.33. The van der Waals surface area contributed by atoms with Gasteiger partial charge in [0.25, 0.3) is 0 Å². The molecule has 0 aliphatic carbocycles. The van der Waals surface area contributed by atoms with Crippen LogP contribution in [0.4, 0.5) is 0 Å². The molecule has 0 aromatic heterocycles. The maximum atomic E-state index is 3.89. The van der Waals surface area contributed by atoms with Crippen molar-refractivity contribution < 1.29 is 0 Å². The molecule has 4 aliphatic rings. The summed E-state index contributed by atoms with van der Waals surface area (Å²) in [6.07, 6.45) is 13.0. The van der Waals surface area contributed by atoms with Crippen molar-refractivity contribution >= 4 is 0 Å². The molecule has 4 saturated heterocycles. The van der Waals surface area contributed by atoms with Gasteiger partial charge in [0, 0.05) is 18.1 Å². The van der Waals surface area contributed by atoms with E-state index in [4.69, 9.17) is 0 Å². The first-order valence-electron chi connectivity index (χ1n) is 10.4. The molecule has 6 N–H and O–H groups in total. The fourth-order valence-electron chi connectivity index (χ4n) is 4.91. The van der Waals surface area contributed by atoms with Crippen molar-refractivity contribution in [3.8, 4) is 0 Å². The Bertz CT molecular complexity index is 311. The highest BCUT2D eigenvalue weighted by Crippen LogP contribution is 2.18. The van der Waals surface area contributed by atoms with Crippen molar-refractivity contribution in [2.75, 3.05) is 19.6 Å². The molecule has 4 rings (SSSR count). The molecule has 6 heteroatoms. The maximum Gasteiger partial charge on any atom is 0.0754 e. The summed E-state index contributed by atoms with van der Waals surface area (Å²) in [6.45, 7) is 3.49. The van der Waals surface area contributed by atoms with E-state index in [-0.39, 0.29) is 0 Å². The van der Waals surface area contributed by atoms with E-state index in [2.05, 4.69) is 31.9 Å². The fourth-order valence-corrected chi connectivity index (χ4v) is 4.91. The molecular formula is C18H36N6. The first-order chi connectivity index (χ1) is 11.9. The lowest BCUT2D eigenvalue weighted by Crippen LogP contribution is -2.78. The minimum Gasteiger partial charge on any atom is -0.311 e. The van der Waals surface area contributed by atoms with Gasteiger partial charge < -0.3 is 16.0 Å². The van der Waals surface area contributed by atoms with Crippen LogP contribution in [0.2, 0.25) is 0 Å². The van der Waals surface area contributed by atoms with Gasteiger partial charge in [0.05, 0.1) is 18.5 Å². The fraction of sp³-hybridized carbons (Fsp3) is 1.00. The molecule has 0 aromatic rings. The van der Waals surface area contributed by atoms with E-state index in [1.807, 2.05) is 0 Å². The van der Waals surface area contributed by atoms with Crippen molar-refractivity contribution in [1.29, 1.82) is 0 Å². The topological polar surface area (TPSA) is 72.2 Å². The predicted molar refractivity (Wildman–Crippen MR) is 97.7 cm³/mol. The normalized spacial score (nSPS) is 45.0. The minimum absolute atomic E-state index is 0.369. The van der Waals surface area contributed by atoms with Crippen molar-refractivity contribution in [3.05, 3.63) is 0 Å². The standard InChI is InChI=1S/C18H36N6/c1-4-10-19-13(7-1)16-22-17(14-8-2-5-11-20-14)24-18(23-16)15-9-3-6-12-21-15/h13-24H,1-12H2. The van der Waals surface area contributed by atoms with Gasteiger partial charge >= 0.3 is 0 Å². The number of hydrogen-bond acceptors (Lipinski definition) is 6. The predicted octanol–water partition coefficient (Wildman–Crippen LogP) is 0.173. The molecule has 3 atom stereocenters. The van der Waals surface area contributed by atoms with Gasteiger partial charge in [-0.3, -0.25) is 16.0 Å². The van der Waals surface area contributed by atoms with E-state index in [9.17, 15) is 0 Å². The SMILES string of the molecule is C1CCC(C2NC(C3CCCCN3)NC(C3CCCCN3)N2)NC1. The Hall–Kier alpha value is -0.240. The summed E-state index contributed by atoms with van der Waals surface area (Å²) in [5.74, 6) is 0. The highest BCUT2D eigenvalue weighted by Gasteiger charge is 2.38. The molecule has 24 heavy (non-hydrogen) atoms. The third-order valence-electron chi connectivity index (χ3n) is 6.33. The monoisotopic (exact) mass is 336 g/mol. The highest BCUT2D eigenvalue weighted by molar-refractivity contribution is 4.99. The van der Waals surface area contributed by atoms with Crippen molar-refractivity contribution in [3.63, 3.8) is 0 Å². The zero-order valence-corrected chi connectivity index (χ0v) is 14.9. The third kappa shape index (κ3) is 4.11. The molecule has 0 saturated carbocycles. The second-order valence-electron chi connectivity index (χ2n) is 8.10. The molecule has 0 aromatic carbocycles. The molecule has 4 heterocycles. The van der Waals surface area contributed by atoms with Crippen LogP contribution in [-0.2, 0) is 0 Å². The molecule has 0 bridgehead atoms. The molecule has 3 unspecified atom stereocenters. The van der Waals surface area contributed by atoms with Crippen LogP contribution in [0.3, 0.4) is 0 Å². The lowest BCUT2D eigenvalue weighted by Gasteiger charge is -2.48. The van der Waals surface area contributed by atoms with E-state index >= 15 is 0 Å². The number of nitrogens with one attached hydrogen (secondary N) is 6. The number of hydrogen-bond donors (Lipinski definition) is 6. The zero-order chi connectivity index (χ0) is 16.2. The van der Waals surface area contributed by atoms with E-state index in [1.54, 1.807) is 0 Å². The van der Waals surface area contributed by atoms with Gasteiger partial charge in [-0.1, -0.05) is 19.3 Å². The number of piperidine rings is 3. The van der Waals surface area contributed by atoms with E-state index in [0.717, 1.165) is 19.6 Å². The Morgan fingerprint density at radius 1 is 0.417 bits per heavy atom. The highest BCUT2D eigenvalue weighted by atomic mass is 15.4. The van der Waals surface area contributed by atoms with Gasteiger partial charge in [-0.2, -0.15) is 0 Å². The van der Waals surface area contributed by atoms with Crippen LogP contribution in [0, 0.1) is 0 Å². The second kappa shape index (κ2) is 8.43. The first kappa shape index (κ1) is 17.2. The lowest BCUT2D eigenvalue weighted by molar-refractivity contribution is 0.0986. The summed E-state index contributed by atoms with van der Waals surface area (Å²) in [7, 11) is 0. The van der Waals surface area contributed by atoms with E-state index in [0.29, 0.717) is 36.6 Å². The molecule has 138 valence electrons. The lowest BCUT2D eigenvalue weighted by atomic mass is 9.95. The molecule has 6 nitrogen and oxygen atoms in total. The van der Waals surface area contributed by atoms with E-state index in [1.165, 1.54) is 57.8 Å². The van der Waals surface area contributed by atoms with Gasteiger partial charge in [0.1, 0.15) is 0 Å². The Morgan fingerprint density at radius 2 is 0.750 bits per heavy atom. The Labute approximate surface area is 146 Å². The van der Waals surface area contributed by atoms with Crippen LogP contribution in [0.15, 0.2) is 0 Å². The van der Waals surface area contributed by atoms with Crippen molar-refractivity contribution in [2.24, 2.45) is 0 Å². The Kier molecular flexibility index (Phi) is 6.04. The molecule has 4 fully saturated rings. The average Bonchev–Trinajstić information content (AvgIpc) is 2.70. The second-order valence-corrected chi connectivity index (χ2v) is 8.10. The van der Waals surface area contributed by atoms with Crippen LogP contribution < -0.4 is 31.9 Å². The first-order valence-corrected chi connectivity index (χ1v) is 10.4. The summed E-state index contributed by atoms with van der Waals surface area (Å²) < 4.78 is 0. The van der Waals surface area contributed by atoms with Crippen LogP contribution in [0.5, 0.6) is 0 Å². The van der Waals surface area contributed by atoms with Gasteiger partial charge in [-0.15, -0.1) is 0 Å². The largest absolute Gasteiger partial charge is 0.311 e. The summed E-state index contributed by atoms with van der Waals surface area (Å²) in [5.41, 5.74) is 0. The molecule has 0 amide bonds. The van der Waals surface area contributed by atoms with Crippen LogP contribution >= 0.6 is 0 Å². The summed E-state index contributed by atoms with van der Waals surface area (Å²) in [5, 5.41) is 22.9. The Morgan fingerprint density at radius 3 is 1.00 bits per heavy atom. The van der Waals surface area contributed by atoms with Crippen LogP contribution in [-0.4, -0.2) is 56.3 Å². The molecular weight excluding hydrogens is 300 g/mol. The molecule has 4 aliphatic heterocycles. The maximum absolute atomic E-state index is 3.89. The van der Waals surface area contributed by atoms with Gasteiger partial charge in [-0.05, 0) is 58.2 Å². The summed E-state index contributed by atoms with van der Waals surface area (Å²) in [4.78, 5) is 0. The summed E-state index contributed by atoms with van der Waals surface area (Å²) in [6, 6.07) is 1.66. The molecule has 0 spiro atoms. The van der Waals surface area contributed by atoms with Gasteiger partial charge in [-0.25, -0.2) is 0 Å².